The second kappa shape index (κ2) is 4.98. The van der Waals surface area contributed by atoms with Crippen LogP contribution in [0.3, 0.4) is 0 Å². The predicted octanol–water partition coefficient (Wildman–Crippen LogP) is 1.05. The van der Waals surface area contributed by atoms with Crippen molar-refractivity contribution in [1.82, 2.24) is 4.90 Å². The number of amides is 2. The Morgan fingerprint density at radius 1 is 1.39 bits per heavy atom. The smallest absolute Gasteiger partial charge is 0.241 e. The standard InChI is InChI=1S/C13H15ClN2O2/c1-8(14)13(18)16-7-10-5-3-2-4-9(10)6-11(16)12(15)17/h2-5,8,11H,6-7H2,1H3,(H2,15,17)/t8?,11-/m1/s1. The monoisotopic (exact) mass is 266 g/mol. The van der Waals surface area contributed by atoms with Crippen molar-refractivity contribution in [3.05, 3.63) is 35.4 Å². The number of primary amides is 1. The van der Waals surface area contributed by atoms with Gasteiger partial charge in [0.15, 0.2) is 0 Å². The third-order valence-corrected chi connectivity index (χ3v) is 3.39. The Kier molecular flexibility index (Phi) is 3.57. The molecule has 0 saturated carbocycles. The summed E-state index contributed by atoms with van der Waals surface area (Å²) < 4.78 is 0. The average molecular weight is 267 g/mol. The molecule has 2 atom stereocenters. The maximum Gasteiger partial charge on any atom is 0.241 e. The van der Waals surface area contributed by atoms with Crippen LogP contribution in [-0.4, -0.2) is 28.1 Å². The molecule has 1 aliphatic heterocycles. The first-order chi connectivity index (χ1) is 8.50. The van der Waals surface area contributed by atoms with Crippen molar-refractivity contribution in [2.45, 2.75) is 31.3 Å². The third-order valence-electron chi connectivity index (χ3n) is 3.20. The van der Waals surface area contributed by atoms with E-state index in [-0.39, 0.29) is 5.91 Å². The lowest BCUT2D eigenvalue weighted by Gasteiger charge is -2.35. The van der Waals surface area contributed by atoms with Crippen LogP contribution in [0, 0.1) is 0 Å². The van der Waals surface area contributed by atoms with Gasteiger partial charge in [0.1, 0.15) is 11.4 Å². The molecule has 1 aliphatic rings. The van der Waals surface area contributed by atoms with E-state index in [1.54, 1.807) is 6.92 Å². The second-order valence-corrected chi connectivity index (χ2v) is 5.13. The molecule has 0 bridgehead atoms. The summed E-state index contributed by atoms with van der Waals surface area (Å²) in [5.41, 5.74) is 7.48. The summed E-state index contributed by atoms with van der Waals surface area (Å²) >= 11 is 5.82. The van der Waals surface area contributed by atoms with Crippen molar-refractivity contribution < 1.29 is 9.59 Å². The molecule has 2 N–H and O–H groups in total. The van der Waals surface area contributed by atoms with Gasteiger partial charge in [-0.15, -0.1) is 11.6 Å². The summed E-state index contributed by atoms with van der Waals surface area (Å²) in [5, 5.41) is -0.655. The fourth-order valence-electron chi connectivity index (χ4n) is 2.24. The Bertz CT molecular complexity index is 488. The first-order valence-electron chi connectivity index (χ1n) is 5.81. The molecule has 0 fully saturated rings. The van der Waals surface area contributed by atoms with E-state index in [2.05, 4.69) is 0 Å². The van der Waals surface area contributed by atoms with Gasteiger partial charge in [0.05, 0.1) is 0 Å². The highest BCUT2D eigenvalue weighted by Crippen LogP contribution is 2.24. The summed E-state index contributed by atoms with van der Waals surface area (Å²) in [4.78, 5) is 25.0. The SMILES string of the molecule is CC(Cl)C(=O)N1Cc2ccccc2C[C@@H]1C(N)=O. The molecular formula is C13H15ClN2O2. The van der Waals surface area contributed by atoms with E-state index >= 15 is 0 Å². The minimum atomic E-state index is -0.655. The van der Waals surface area contributed by atoms with Gasteiger partial charge in [0.25, 0.3) is 0 Å². The molecule has 2 amide bonds. The Hall–Kier alpha value is -1.55. The number of hydrogen-bond acceptors (Lipinski definition) is 2. The van der Waals surface area contributed by atoms with Crippen molar-refractivity contribution in [2.24, 2.45) is 5.73 Å². The van der Waals surface area contributed by atoms with Crippen molar-refractivity contribution in [3.63, 3.8) is 0 Å². The van der Waals surface area contributed by atoms with Crippen molar-refractivity contribution >= 4 is 23.4 Å². The highest BCUT2D eigenvalue weighted by Gasteiger charge is 2.34. The van der Waals surface area contributed by atoms with Crippen LogP contribution in [0.5, 0.6) is 0 Å². The van der Waals surface area contributed by atoms with Crippen LogP contribution in [0.25, 0.3) is 0 Å². The maximum absolute atomic E-state index is 12.0. The van der Waals surface area contributed by atoms with E-state index in [0.717, 1.165) is 11.1 Å². The second-order valence-electron chi connectivity index (χ2n) is 4.47. The maximum atomic E-state index is 12.0. The molecule has 1 heterocycles. The number of carbonyl (C=O) groups is 2. The van der Waals surface area contributed by atoms with Gasteiger partial charge >= 0.3 is 0 Å². The van der Waals surface area contributed by atoms with Gasteiger partial charge in [0.2, 0.25) is 11.8 Å². The Morgan fingerprint density at radius 2 is 2.00 bits per heavy atom. The van der Waals surface area contributed by atoms with E-state index in [4.69, 9.17) is 17.3 Å². The van der Waals surface area contributed by atoms with Gasteiger partial charge < -0.3 is 10.6 Å². The average Bonchev–Trinajstić information content (AvgIpc) is 2.36. The fourth-order valence-corrected chi connectivity index (χ4v) is 2.36. The van der Waals surface area contributed by atoms with Crippen molar-refractivity contribution in [1.29, 1.82) is 0 Å². The number of fused-ring (bicyclic) bond motifs is 1. The van der Waals surface area contributed by atoms with E-state index < -0.39 is 17.3 Å². The summed E-state index contributed by atoms with van der Waals surface area (Å²) in [6.45, 7) is 1.99. The molecule has 0 spiro atoms. The lowest BCUT2D eigenvalue weighted by molar-refractivity contribution is -0.140. The van der Waals surface area contributed by atoms with Gasteiger partial charge in [-0.2, -0.15) is 0 Å². The first kappa shape index (κ1) is 12.9. The number of rotatable bonds is 2. The number of halogens is 1. The number of hydrogen-bond donors (Lipinski definition) is 1. The van der Waals surface area contributed by atoms with Gasteiger partial charge in [-0.25, -0.2) is 0 Å². The highest BCUT2D eigenvalue weighted by molar-refractivity contribution is 6.30. The van der Waals surface area contributed by atoms with Crippen molar-refractivity contribution in [3.8, 4) is 0 Å². The minimum absolute atomic E-state index is 0.255. The number of nitrogens with two attached hydrogens (primary N) is 1. The number of alkyl halides is 1. The van der Waals surface area contributed by atoms with Gasteiger partial charge in [-0.1, -0.05) is 24.3 Å². The molecule has 1 unspecified atom stereocenters. The Morgan fingerprint density at radius 3 is 2.56 bits per heavy atom. The van der Waals surface area contributed by atoms with Crippen LogP contribution in [-0.2, 0) is 22.6 Å². The highest BCUT2D eigenvalue weighted by atomic mass is 35.5. The number of nitrogens with zero attached hydrogens (tertiary/aromatic N) is 1. The Balaban J connectivity index is 2.34. The minimum Gasteiger partial charge on any atom is -0.368 e. The fraction of sp³-hybridized carbons (Fsp3) is 0.385. The van der Waals surface area contributed by atoms with Gasteiger partial charge in [0, 0.05) is 13.0 Å². The molecule has 1 aromatic rings. The van der Waals surface area contributed by atoms with Gasteiger partial charge in [-0.3, -0.25) is 9.59 Å². The summed E-state index contributed by atoms with van der Waals surface area (Å²) in [5.74, 6) is -0.745. The Labute approximate surface area is 111 Å². The number of benzene rings is 1. The van der Waals surface area contributed by atoms with Crippen LogP contribution in [0.15, 0.2) is 24.3 Å². The molecule has 18 heavy (non-hydrogen) atoms. The molecule has 96 valence electrons. The molecule has 0 aliphatic carbocycles. The summed E-state index contributed by atoms with van der Waals surface area (Å²) in [6, 6.07) is 7.13. The molecule has 4 nitrogen and oxygen atoms in total. The zero-order valence-corrected chi connectivity index (χ0v) is 10.9. The van der Waals surface area contributed by atoms with E-state index in [0.29, 0.717) is 13.0 Å². The lowest BCUT2D eigenvalue weighted by atomic mass is 9.93. The largest absolute Gasteiger partial charge is 0.368 e. The molecule has 2 rings (SSSR count). The third kappa shape index (κ3) is 2.34. The summed E-state index contributed by atoms with van der Waals surface area (Å²) in [7, 11) is 0. The molecule has 5 heteroatoms. The normalized spacial score (nSPS) is 20.1. The van der Waals surface area contributed by atoms with Crippen LogP contribution in [0.4, 0.5) is 0 Å². The topological polar surface area (TPSA) is 63.4 Å². The zero-order chi connectivity index (χ0) is 13.3. The lowest BCUT2D eigenvalue weighted by Crippen LogP contribution is -2.52. The van der Waals surface area contributed by atoms with Crippen LogP contribution < -0.4 is 5.73 Å². The van der Waals surface area contributed by atoms with Crippen LogP contribution in [0.1, 0.15) is 18.1 Å². The molecule has 1 aromatic carbocycles. The van der Waals surface area contributed by atoms with E-state index in [1.165, 1.54) is 4.90 Å². The number of carbonyl (C=O) groups excluding carboxylic acids is 2. The predicted molar refractivity (Wildman–Crippen MR) is 69.0 cm³/mol. The van der Waals surface area contributed by atoms with Crippen LogP contribution >= 0.6 is 11.6 Å². The zero-order valence-electron chi connectivity index (χ0n) is 10.1. The van der Waals surface area contributed by atoms with E-state index in [1.807, 2.05) is 24.3 Å². The molecule has 0 saturated heterocycles. The quantitative estimate of drug-likeness (QED) is 0.814. The molecule has 0 radical (unpaired) electrons. The molecule has 0 aromatic heterocycles. The van der Waals surface area contributed by atoms with Gasteiger partial charge in [-0.05, 0) is 18.1 Å². The molecular weight excluding hydrogens is 252 g/mol. The summed E-state index contributed by atoms with van der Waals surface area (Å²) in [6.07, 6.45) is 0.459. The first-order valence-corrected chi connectivity index (χ1v) is 6.25. The van der Waals surface area contributed by atoms with Crippen molar-refractivity contribution in [2.75, 3.05) is 0 Å². The van der Waals surface area contributed by atoms with E-state index in [9.17, 15) is 9.59 Å². The van der Waals surface area contributed by atoms with Crippen LogP contribution in [0.2, 0.25) is 0 Å².